The predicted octanol–water partition coefficient (Wildman–Crippen LogP) is 10.0. The highest BCUT2D eigenvalue weighted by Gasteiger charge is 2.31. The lowest BCUT2D eigenvalue weighted by atomic mass is 9.89. The first-order valence-corrected chi connectivity index (χ1v) is 16.4. The average Bonchev–Trinajstić information content (AvgIpc) is 2.89. The second-order valence-corrected chi connectivity index (χ2v) is 11.7. The van der Waals surface area contributed by atoms with Gasteiger partial charge < -0.3 is 14.4 Å². The molecule has 1 rings (SSSR count). The normalized spacial score (nSPS) is 20.6. The third-order valence-corrected chi connectivity index (χ3v) is 7.88. The molecule has 0 heterocycles. The van der Waals surface area contributed by atoms with Crippen molar-refractivity contribution in [2.24, 2.45) is 0 Å². The third kappa shape index (κ3) is 20.9. The summed E-state index contributed by atoms with van der Waals surface area (Å²) in [5.41, 5.74) is 0. The minimum absolute atomic E-state index is 0.369. The Hall–Kier alpha value is -0.640. The van der Waals surface area contributed by atoms with Crippen LogP contribution in [-0.2, 0) is 9.47 Å². The van der Waals surface area contributed by atoms with E-state index in [2.05, 4.69) is 57.1 Å². The van der Waals surface area contributed by atoms with E-state index >= 15 is 0 Å². The maximum atomic E-state index is 6.36. The van der Waals surface area contributed by atoms with Gasteiger partial charge in [0.25, 0.3) is 0 Å². The Morgan fingerprint density at radius 2 is 0.973 bits per heavy atom. The van der Waals surface area contributed by atoms with Crippen LogP contribution in [0, 0.1) is 0 Å². The minimum Gasteiger partial charge on any atom is -0.378 e. The van der Waals surface area contributed by atoms with Gasteiger partial charge in [0.05, 0.1) is 12.2 Å². The highest BCUT2D eigenvalue weighted by Crippen LogP contribution is 2.27. The molecule has 0 spiro atoms. The molecule has 37 heavy (non-hydrogen) atoms. The Morgan fingerprint density at radius 1 is 0.541 bits per heavy atom. The van der Waals surface area contributed by atoms with Crippen LogP contribution in [0.2, 0.25) is 0 Å². The van der Waals surface area contributed by atoms with Crippen LogP contribution in [0.15, 0.2) is 24.3 Å². The molecular weight excluding hydrogens is 454 g/mol. The quantitative estimate of drug-likeness (QED) is 0.0884. The lowest BCUT2D eigenvalue weighted by Crippen LogP contribution is -2.42. The minimum atomic E-state index is 0.369. The molecule has 3 nitrogen and oxygen atoms in total. The lowest BCUT2D eigenvalue weighted by Gasteiger charge is -2.38. The zero-order chi connectivity index (χ0) is 26.8. The van der Waals surface area contributed by atoms with E-state index in [0.717, 1.165) is 38.9 Å². The van der Waals surface area contributed by atoms with Crippen molar-refractivity contribution in [3.05, 3.63) is 24.3 Å². The molecule has 0 bridgehead atoms. The van der Waals surface area contributed by atoms with Crippen LogP contribution in [-0.4, -0.2) is 50.5 Å². The molecule has 0 amide bonds. The van der Waals surface area contributed by atoms with Gasteiger partial charge in [-0.05, 0) is 78.3 Å². The van der Waals surface area contributed by atoms with E-state index < -0.39 is 0 Å². The molecule has 1 aliphatic rings. The van der Waals surface area contributed by atoms with Crippen LogP contribution >= 0.6 is 0 Å². The first-order valence-electron chi connectivity index (χ1n) is 16.4. The molecule has 218 valence electrons. The van der Waals surface area contributed by atoms with E-state index in [1.807, 2.05) is 0 Å². The molecule has 3 heteroatoms. The Balaban J connectivity index is 2.02. The first kappa shape index (κ1) is 34.4. The summed E-state index contributed by atoms with van der Waals surface area (Å²) in [5, 5.41) is 0. The van der Waals surface area contributed by atoms with E-state index in [4.69, 9.17) is 9.47 Å². The largest absolute Gasteiger partial charge is 0.378 e. The number of hydrogen-bond donors (Lipinski definition) is 0. The topological polar surface area (TPSA) is 21.7 Å². The van der Waals surface area contributed by atoms with Gasteiger partial charge in [0.1, 0.15) is 0 Å². The second-order valence-electron chi connectivity index (χ2n) is 11.7. The summed E-state index contributed by atoms with van der Waals surface area (Å²) in [7, 11) is 4.42. The van der Waals surface area contributed by atoms with Crippen molar-refractivity contribution in [3.8, 4) is 0 Å². The van der Waals surface area contributed by atoms with Crippen LogP contribution < -0.4 is 0 Å². The molecule has 1 aliphatic carbocycles. The average molecular weight is 520 g/mol. The van der Waals surface area contributed by atoms with Crippen molar-refractivity contribution >= 4 is 0 Å². The van der Waals surface area contributed by atoms with Crippen LogP contribution in [0.4, 0.5) is 0 Å². The summed E-state index contributed by atoms with van der Waals surface area (Å²) in [4.78, 5) is 2.37. The van der Waals surface area contributed by atoms with E-state index in [-0.39, 0.29) is 0 Å². The maximum absolute atomic E-state index is 6.36. The summed E-state index contributed by atoms with van der Waals surface area (Å²) in [6.07, 6.45) is 37.0. The van der Waals surface area contributed by atoms with Gasteiger partial charge in [-0.2, -0.15) is 0 Å². The molecule has 0 aliphatic heterocycles. The van der Waals surface area contributed by atoms with Crippen molar-refractivity contribution in [1.82, 2.24) is 4.90 Å². The van der Waals surface area contributed by atoms with Crippen molar-refractivity contribution < 1.29 is 9.47 Å². The number of nitrogens with zero attached hydrogens (tertiary/aromatic N) is 1. The summed E-state index contributed by atoms with van der Waals surface area (Å²) in [6.45, 7) is 6.39. The zero-order valence-corrected chi connectivity index (χ0v) is 25.6. The highest BCUT2D eigenvalue weighted by molar-refractivity contribution is 4.92. The van der Waals surface area contributed by atoms with Crippen molar-refractivity contribution in [3.63, 3.8) is 0 Å². The van der Waals surface area contributed by atoms with Crippen LogP contribution in [0.25, 0.3) is 0 Å². The number of hydrogen-bond acceptors (Lipinski definition) is 3. The Morgan fingerprint density at radius 3 is 1.49 bits per heavy atom. The fourth-order valence-corrected chi connectivity index (χ4v) is 5.36. The molecule has 0 aromatic heterocycles. The Labute approximate surface area is 232 Å². The fourth-order valence-electron chi connectivity index (χ4n) is 5.36. The predicted molar refractivity (Wildman–Crippen MR) is 164 cm³/mol. The molecule has 0 aromatic rings. The van der Waals surface area contributed by atoms with Crippen molar-refractivity contribution in [2.45, 2.75) is 167 Å². The third-order valence-electron chi connectivity index (χ3n) is 7.88. The molecule has 0 radical (unpaired) electrons. The summed E-state index contributed by atoms with van der Waals surface area (Å²) in [6, 6.07) is 0.587. The highest BCUT2D eigenvalue weighted by atomic mass is 16.5. The Bertz CT molecular complexity index is 530. The van der Waals surface area contributed by atoms with Crippen molar-refractivity contribution in [1.29, 1.82) is 0 Å². The van der Waals surface area contributed by atoms with Crippen molar-refractivity contribution in [2.75, 3.05) is 27.3 Å². The Kier molecular flexibility index (Phi) is 23.8. The molecule has 1 saturated carbocycles. The lowest BCUT2D eigenvalue weighted by molar-refractivity contribution is -0.0667. The number of allylic oxidation sites excluding steroid dienone is 4. The fraction of sp³-hybridized carbons (Fsp3) is 0.882. The first-order chi connectivity index (χ1) is 18.2. The number of unbranched alkanes of at least 4 members (excludes halogenated alkanes) is 14. The zero-order valence-electron chi connectivity index (χ0n) is 25.6. The molecule has 0 aromatic carbocycles. The van der Waals surface area contributed by atoms with Crippen LogP contribution in [0.1, 0.15) is 149 Å². The summed E-state index contributed by atoms with van der Waals surface area (Å²) < 4.78 is 12.7. The molecular formula is C34H65NO2. The molecule has 1 fully saturated rings. The van der Waals surface area contributed by atoms with Crippen LogP contribution in [0.3, 0.4) is 0 Å². The summed E-state index contributed by atoms with van der Waals surface area (Å²) >= 11 is 0. The van der Waals surface area contributed by atoms with Gasteiger partial charge in [-0.15, -0.1) is 0 Å². The van der Waals surface area contributed by atoms with Gasteiger partial charge in [-0.3, -0.25) is 0 Å². The van der Waals surface area contributed by atoms with Gasteiger partial charge in [-0.1, -0.05) is 109 Å². The van der Waals surface area contributed by atoms with E-state index in [9.17, 15) is 0 Å². The number of rotatable bonds is 25. The molecule has 0 N–H and O–H groups in total. The molecule has 3 atom stereocenters. The van der Waals surface area contributed by atoms with Gasteiger partial charge in [0.2, 0.25) is 0 Å². The molecule has 0 saturated heterocycles. The number of ether oxygens (including phenoxy) is 2. The van der Waals surface area contributed by atoms with Gasteiger partial charge >= 0.3 is 0 Å². The van der Waals surface area contributed by atoms with Crippen LogP contribution in [0.5, 0.6) is 0 Å². The van der Waals surface area contributed by atoms with Gasteiger partial charge in [0, 0.05) is 19.3 Å². The smallest absolute Gasteiger partial charge is 0.0614 e. The summed E-state index contributed by atoms with van der Waals surface area (Å²) in [5.74, 6) is 0. The SMILES string of the molecule is CCCCC/C=C\C/C=C\CCCCCCCCO[C@H]1CC(OCCCCCCCC)CC(N(C)C)C1. The van der Waals surface area contributed by atoms with E-state index in [1.54, 1.807) is 0 Å². The van der Waals surface area contributed by atoms with Gasteiger partial charge in [0.15, 0.2) is 0 Å². The molecule has 2 unspecified atom stereocenters. The maximum Gasteiger partial charge on any atom is 0.0614 e. The van der Waals surface area contributed by atoms with E-state index in [1.165, 1.54) is 109 Å². The van der Waals surface area contributed by atoms with E-state index in [0.29, 0.717) is 18.2 Å². The second kappa shape index (κ2) is 25.6. The van der Waals surface area contributed by atoms with Gasteiger partial charge in [-0.25, -0.2) is 0 Å². The monoisotopic (exact) mass is 520 g/mol. The standard InChI is InChI=1S/C34H65NO2/c1-5-7-9-11-13-14-15-16-17-18-19-20-21-22-24-26-28-37-34-30-32(35(3)4)29-33(31-34)36-27-25-23-12-10-8-6-2/h13-14,16-17,32-34H,5-12,15,18-31H2,1-4H3/b14-13-,17-16-/t32?,33?,34-/m1/s1.